The minimum Gasteiger partial charge on any atom is -0.504 e. The molecule has 4 aromatic rings. The molecule has 1 aromatic heterocycles. The Hall–Kier alpha value is -4.06. The van der Waals surface area contributed by atoms with Gasteiger partial charge in [0.1, 0.15) is 5.58 Å². The molecular formula is C29H27NO5. The highest BCUT2D eigenvalue weighted by molar-refractivity contribution is 5.99. The summed E-state index contributed by atoms with van der Waals surface area (Å²) in [5.74, 6) is 0.0300. The number of aryl methyl sites for hydroxylation is 3. The van der Waals surface area contributed by atoms with Crippen LogP contribution in [-0.2, 0) is 6.54 Å². The van der Waals surface area contributed by atoms with Gasteiger partial charge in [0.2, 0.25) is 5.76 Å². The third-order valence-corrected chi connectivity index (χ3v) is 6.65. The summed E-state index contributed by atoms with van der Waals surface area (Å²) >= 11 is 0. The molecule has 6 heteroatoms. The quantitative estimate of drug-likeness (QED) is 0.413. The molecule has 0 aliphatic carbocycles. The highest BCUT2D eigenvalue weighted by atomic mass is 16.5. The number of fused-ring (bicyclic) bond motifs is 2. The number of ether oxygens (including phenoxy) is 1. The maximum atomic E-state index is 13.8. The number of carbonyl (C=O) groups excluding carboxylic acids is 1. The number of hydrogen-bond acceptors (Lipinski definition) is 5. The number of rotatable bonds is 5. The number of nitrogens with zero attached hydrogens (tertiary/aromatic N) is 1. The van der Waals surface area contributed by atoms with Gasteiger partial charge in [-0.25, -0.2) is 0 Å². The van der Waals surface area contributed by atoms with Crippen LogP contribution < -0.4 is 10.2 Å². The van der Waals surface area contributed by atoms with Crippen molar-refractivity contribution in [1.82, 2.24) is 4.90 Å². The second-order valence-corrected chi connectivity index (χ2v) is 9.09. The van der Waals surface area contributed by atoms with Crippen molar-refractivity contribution in [2.75, 3.05) is 6.61 Å². The van der Waals surface area contributed by atoms with Gasteiger partial charge in [-0.2, -0.15) is 0 Å². The molecule has 2 heterocycles. The van der Waals surface area contributed by atoms with E-state index in [9.17, 15) is 14.7 Å². The first-order chi connectivity index (χ1) is 16.8. The van der Waals surface area contributed by atoms with Gasteiger partial charge in [0.05, 0.1) is 23.6 Å². The number of carbonyl (C=O) groups is 1. The Kier molecular flexibility index (Phi) is 5.59. The number of phenols is 1. The molecule has 1 aliphatic heterocycles. The Morgan fingerprint density at radius 1 is 0.971 bits per heavy atom. The zero-order valence-electron chi connectivity index (χ0n) is 20.2. The molecule has 5 rings (SSSR count). The number of hydrogen-bond donors (Lipinski definition) is 1. The first kappa shape index (κ1) is 22.7. The topological polar surface area (TPSA) is 80.0 Å². The van der Waals surface area contributed by atoms with E-state index < -0.39 is 6.04 Å². The molecule has 1 amide bonds. The molecular weight excluding hydrogens is 442 g/mol. The molecule has 0 saturated carbocycles. The lowest BCUT2D eigenvalue weighted by Crippen LogP contribution is -2.29. The maximum absolute atomic E-state index is 13.8. The van der Waals surface area contributed by atoms with Crippen LogP contribution in [0.1, 0.15) is 56.9 Å². The SMILES string of the molecule is CCOc1cc(C2c3c(oc4cc(C)c(C)cc4c3=O)C(=O)N2Cc2ccc(C)cc2)ccc1O. The van der Waals surface area contributed by atoms with Gasteiger partial charge in [-0.15, -0.1) is 0 Å². The van der Waals surface area contributed by atoms with E-state index in [0.717, 1.165) is 22.3 Å². The molecule has 0 bridgehead atoms. The lowest BCUT2D eigenvalue weighted by molar-refractivity contribution is 0.0714. The molecule has 1 unspecified atom stereocenters. The molecule has 1 aliphatic rings. The molecule has 3 aromatic carbocycles. The second kappa shape index (κ2) is 8.62. The van der Waals surface area contributed by atoms with E-state index >= 15 is 0 Å². The number of benzene rings is 3. The molecule has 1 N–H and O–H groups in total. The Morgan fingerprint density at radius 3 is 2.40 bits per heavy atom. The summed E-state index contributed by atoms with van der Waals surface area (Å²) in [5.41, 5.74) is 5.18. The van der Waals surface area contributed by atoms with Crippen molar-refractivity contribution in [3.05, 3.63) is 104 Å². The zero-order chi connectivity index (χ0) is 24.9. The Bertz CT molecular complexity index is 1520. The predicted molar refractivity (Wildman–Crippen MR) is 134 cm³/mol. The average Bonchev–Trinajstić information content (AvgIpc) is 3.10. The van der Waals surface area contributed by atoms with Gasteiger partial charge < -0.3 is 19.2 Å². The van der Waals surface area contributed by atoms with Gasteiger partial charge in [0, 0.05) is 6.54 Å². The summed E-state index contributed by atoms with van der Waals surface area (Å²) < 4.78 is 11.7. The lowest BCUT2D eigenvalue weighted by Gasteiger charge is -2.26. The van der Waals surface area contributed by atoms with Gasteiger partial charge in [0.25, 0.3) is 5.91 Å². The fourth-order valence-corrected chi connectivity index (χ4v) is 4.65. The third kappa shape index (κ3) is 3.85. The van der Waals surface area contributed by atoms with Crippen molar-refractivity contribution in [1.29, 1.82) is 0 Å². The highest BCUT2D eigenvalue weighted by Gasteiger charge is 2.43. The molecule has 0 radical (unpaired) electrons. The summed E-state index contributed by atoms with van der Waals surface area (Å²) in [7, 11) is 0. The van der Waals surface area contributed by atoms with Crippen LogP contribution in [0.15, 0.2) is 63.8 Å². The van der Waals surface area contributed by atoms with Crippen LogP contribution in [0.4, 0.5) is 0 Å². The molecule has 0 fully saturated rings. The lowest BCUT2D eigenvalue weighted by atomic mass is 9.97. The van der Waals surface area contributed by atoms with E-state index in [1.165, 1.54) is 6.07 Å². The van der Waals surface area contributed by atoms with Gasteiger partial charge >= 0.3 is 0 Å². The van der Waals surface area contributed by atoms with Crippen molar-refractivity contribution in [3.8, 4) is 11.5 Å². The number of aromatic hydroxyl groups is 1. The van der Waals surface area contributed by atoms with Gasteiger partial charge in [-0.3, -0.25) is 9.59 Å². The number of amides is 1. The Labute approximate surface area is 203 Å². The summed E-state index contributed by atoms with van der Waals surface area (Å²) in [5, 5.41) is 10.7. The summed E-state index contributed by atoms with van der Waals surface area (Å²) in [6.07, 6.45) is 0. The van der Waals surface area contributed by atoms with Crippen LogP contribution in [0.5, 0.6) is 11.5 Å². The van der Waals surface area contributed by atoms with Crippen molar-refractivity contribution < 1.29 is 19.1 Å². The molecule has 0 saturated heterocycles. The minimum atomic E-state index is -0.680. The van der Waals surface area contributed by atoms with Crippen LogP contribution in [0.25, 0.3) is 11.0 Å². The van der Waals surface area contributed by atoms with Crippen LogP contribution in [0.3, 0.4) is 0 Å². The van der Waals surface area contributed by atoms with Crippen molar-refractivity contribution in [2.24, 2.45) is 0 Å². The average molecular weight is 470 g/mol. The smallest absolute Gasteiger partial charge is 0.291 e. The Balaban J connectivity index is 1.73. The van der Waals surface area contributed by atoms with E-state index in [0.29, 0.717) is 41.0 Å². The van der Waals surface area contributed by atoms with E-state index in [1.807, 2.05) is 64.1 Å². The highest BCUT2D eigenvalue weighted by Crippen LogP contribution is 2.41. The molecule has 35 heavy (non-hydrogen) atoms. The molecule has 1 atom stereocenters. The minimum absolute atomic E-state index is 0.00174. The van der Waals surface area contributed by atoms with Crippen LogP contribution in [0, 0.1) is 20.8 Å². The summed E-state index contributed by atoms with van der Waals surface area (Å²) in [6, 6.07) is 15.8. The third-order valence-electron chi connectivity index (χ3n) is 6.65. The Morgan fingerprint density at radius 2 is 1.69 bits per heavy atom. The first-order valence-electron chi connectivity index (χ1n) is 11.7. The molecule has 178 valence electrons. The van der Waals surface area contributed by atoms with Crippen LogP contribution in [-0.4, -0.2) is 22.5 Å². The van der Waals surface area contributed by atoms with Crippen molar-refractivity contribution in [2.45, 2.75) is 40.3 Å². The van der Waals surface area contributed by atoms with E-state index in [1.54, 1.807) is 17.0 Å². The largest absolute Gasteiger partial charge is 0.504 e. The molecule has 0 spiro atoms. The maximum Gasteiger partial charge on any atom is 0.291 e. The number of phenolic OH excluding ortho intramolecular Hbond substituents is 1. The van der Waals surface area contributed by atoms with Crippen LogP contribution >= 0.6 is 0 Å². The van der Waals surface area contributed by atoms with Gasteiger partial charge in [-0.05, 0) is 74.2 Å². The molecule has 6 nitrogen and oxygen atoms in total. The van der Waals surface area contributed by atoms with Crippen molar-refractivity contribution in [3.63, 3.8) is 0 Å². The normalized spacial score (nSPS) is 15.0. The standard InChI is InChI=1S/C29H27NO5/c1-5-34-24-14-20(10-11-22(24)31)26-25-27(32)21-12-17(3)18(4)13-23(21)35-28(25)29(33)30(26)15-19-8-6-16(2)7-9-19/h6-14,26,31H,5,15H2,1-4H3. The van der Waals surface area contributed by atoms with Crippen molar-refractivity contribution >= 4 is 16.9 Å². The monoisotopic (exact) mass is 469 g/mol. The van der Waals surface area contributed by atoms with Crippen LogP contribution in [0.2, 0.25) is 0 Å². The fourth-order valence-electron chi connectivity index (χ4n) is 4.65. The van der Waals surface area contributed by atoms with Gasteiger partial charge in [-0.1, -0.05) is 35.9 Å². The van der Waals surface area contributed by atoms with E-state index in [4.69, 9.17) is 9.15 Å². The fraction of sp³-hybridized carbons (Fsp3) is 0.241. The summed E-state index contributed by atoms with van der Waals surface area (Å²) in [6.45, 7) is 8.40. The zero-order valence-corrected chi connectivity index (χ0v) is 20.2. The second-order valence-electron chi connectivity index (χ2n) is 9.09. The van der Waals surface area contributed by atoms with Gasteiger partial charge in [0.15, 0.2) is 16.9 Å². The first-order valence-corrected chi connectivity index (χ1v) is 11.7. The van der Waals surface area contributed by atoms with E-state index in [-0.39, 0.29) is 22.8 Å². The van der Waals surface area contributed by atoms with E-state index in [2.05, 4.69) is 0 Å². The predicted octanol–water partition coefficient (Wildman–Crippen LogP) is 5.57. The summed E-state index contributed by atoms with van der Waals surface area (Å²) in [4.78, 5) is 29.2.